The molecule has 2 heterocycles. The average molecular weight is 262 g/mol. The minimum atomic E-state index is -0.290. The van der Waals surface area contributed by atoms with Gasteiger partial charge in [0.15, 0.2) is 5.82 Å². The number of carbonyl (C=O) groups excluding carboxylic acids is 1. The van der Waals surface area contributed by atoms with Gasteiger partial charge in [0, 0.05) is 17.5 Å². The fourth-order valence-electron chi connectivity index (χ4n) is 2.05. The highest BCUT2D eigenvalue weighted by Crippen LogP contribution is 2.21. The van der Waals surface area contributed by atoms with Gasteiger partial charge < -0.3 is 9.26 Å². The minimum absolute atomic E-state index is 0.290. The van der Waals surface area contributed by atoms with Gasteiger partial charge >= 0.3 is 5.97 Å². The van der Waals surface area contributed by atoms with Gasteiger partial charge in [-0.2, -0.15) is 0 Å². The highest BCUT2D eigenvalue weighted by Gasteiger charge is 2.19. The van der Waals surface area contributed by atoms with Crippen molar-refractivity contribution in [3.05, 3.63) is 34.8 Å². The van der Waals surface area contributed by atoms with E-state index in [9.17, 15) is 4.79 Å². The highest BCUT2D eigenvalue weighted by molar-refractivity contribution is 5.91. The lowest BCUT2D eigenvalue weighted by molar-refractivity contribution is 0.0504. The Morgan fingerprint density at radius 1 is 1.37 bits per heavy atom. The molecule has 2 aromatic rings. The molecule has 0 saturated heterocycles. The van der Waals surface area contributed by atoms with Crippen LogP contribution in [0.5, 0.6) is 0 Å². The predicted molar refractivity (Wildman–Crippen MR) is 70.6 cm³/mol. The Labute approximate surface area is 112 Å². The van der Waals surface area contributed by atoms with Gasteiger partial charge in [-0.1, -0.05) is 12.1 Å². The SMILES string of the molecule is CCCOC(=O)c1cc(C)n(-c2cc(C)on2)c1C. The first-order valence-electron chi connectivity index (χ1n) is 6.34. The maximum atomic E-state index is 11.9. The zero-order chi connectivity index (χ0) is 14.0. The number of ether oxygens (including phenoxy) is 1. The summed E-state index contributed by atoms with van der Waals surface area (Å²) in [6.45, 7) is 8.04. The summed E-state index contributed by atoms with van der Waals surface area (Å²) in [5.41, 5.74) is 2.31. The second-order valence-electron chi connectivity index (χ2n) is 4.55. The standard InChI is InChI=1S/C14H18N2O3/c1-5-6-18-14(17)12-7-9(2)16(11(12)4)13-8-10(3)19-15-13/h7-8H,5-6H2,1-4H3. The second kappa shape index (κ2) is 5.30. The second-order valence-corrected chi connectivity index (χ2v) is 4.55. The fraction of sp³-hybridized carbons (Fsp3) is 0.429. The first-order valence-corrected chi connectivity index (χ1v) is 6.34. The van der Waals surface area contributed by atoms with Crippen LogP contribution in [0.1, 0.15) is 40.9 Å². The normalized spacial score (nSPS) is 10.7. The van der Waals surface area contributed by atoms with E-state index in [0.29, 0.717) is 18.0 Å². The van der Waals surface area contributed by atoms with Crippen molar-refractivity contribution in [3.63, 3.8) is 0 Å². The van der Waals surface area contributed by atoms with Gasteiger partial charge in [-0.3, -0.25) is 4.57 Å². The number of esters is 1. The van der Waals surface area contributed by atoms with Crippen LogP contribution in [-0.2, 0) is 4.74 Å². The molecule has 0 aliphatic heterocycles. The summed E-state index contributed by atoms with van der Waals surface area (Å²) < 4.78 is 12.1. The summed E-state index contributed by atoms with van der Waals surface area (Å²) in [7, 11) is 0. The van der Waals surface area contributed by atoms with Gasteiger partial charge in [0.2, 0.25) is 0 Å². The van der Waals surface area contributed by atoms with Crippen LogP contribution in [0.2, 0.25) is 0 Å². The number of nitrogens with zero attached hydrogens (tertiary/aromatic N) is 2. The fourth-order valence-corrected chi connectivity index (χ4v) is 2.05. The molecule has 5 nitrogen and oxygen atoms in total. The van der Waals surface area contributed by atoms with Gasteiger partial charge in [0.25, 0.3) is 0 Å². The molecule has 5 heteroatoms. The summed E-state index contributed by atoms with van der Waals surface area (Å²) in [6.07, 6.45) is 0.812. The molecular formula is C14H18N2O3. The quantitative estimate of drug-likeness (QED) is 0.795. The molecule has 0 unspecified atom stereocenters. The molecule has 0 fully saturated rings. The van der Waals surface area contributed by atoms with E-state index in [1.165, 1.54) is 0 Å². The van der Waals surface area contributed by atoms with Crippen molar-refractivity contribution in [1.82, 2.24) is 9.72 Å². The molecule has 0 aliphatic rings. The van der Waals surface area contributed by atoms with E-state index in [0.717, 1.165) is 23.6 Å². The smallest absolute Gasteiger partial charge is 0.339 e. The van der Waals surface area contributed by atoms with E-state index in [4.69, 9.17) is 9.26 Å². The third-order valence-corrected chi connectivity index (χ3v) is 2.93. The summed E-state index contributed by atoms with van der Waals surface area (Å²) in [6, 6.07) is 3.65. The number of carbonyl (C=O) groups is 1. The molecule has 0 radical (unpaired) electrons. The molecule has 19 heavy (non-hydrogen) atoms. The molecule has 0 bridgehead atoms. The van der Waals surface area contributed by atoms with E-state index in [1.54, 1.807) is 0 Å². The van der Waals surface area contributed by atoms with Crippen LogP contribution in [0, 0.1) is 20.8 Å². The Morgan fingerprint density at radius 2 is 2.11 bits per heavy atom. The van der Waals surface area contributed by atoms with E-state index in [1.807, 2.05) is 44.4 Å². The molecule has 0 amide bonds. The van der Waals surface area contributed by atoms with Crippen LogP contribution in [0.25, 0.3) is 5.82 Å². The van der Waals surface area contributed by atoms with Crippen molar-refractivity contribution in [2.24, 2.45) is 0 Å². The van der Waals surface area contributed by atoms with Crippen LogP contribution in [0.3, 0.4) is 0 Å². The Morgan fingerprint density at radius 3 is 2.68 bits per heavy atom. The first kappa shape index (κ1) is 13.4. The molecule has 2 aromatic heterocycles. The Bertz CT molecular complexity index is 596. The van der Waals surface area contributed by atoms with E-state index < -0.39 is 0 Å². The van der Waals surface area contributed by atoms with Gasteiger partial charge in [-0.15, -0.1) is 0 Å². The minimum Gasteiger partial charge on any atom is -0.462 e. The van der Waals surface area contributed by atoms with Crippen LogP contribution >= 0.6 is 0 Å². The van der Waals surface area contributed by atoms with Gasteiger partial charge in [-0.05, 0) is 33.3 Å². The van der Waals surface area contributed by atoms with Crippen LogP contribution in [-0.4, -0.2) is 22.3 Å². The number of hydrogen-bond donors (Lipinski definition) is 0. The van der Waals surface area contributed by atoms with E-state index in [2.05, 4.69) is 5.16 Å². The molecular weight excluding hydrogens is 244 g/mol. The zero-order valence-corrected chi connectivity index (χ0v) is 11.7. The van der Waals surface area contributed by atoms with Crippen LogP contribution in [0.4, 0.5) is 0 Å². The lowest BCUT2D eigenvalue weighted by Crippen LogP contribution is -2.08. The van der Waals surface area contributed by atoms with Crippen LogP contribution < -0.4 is 0 Å². The zero-order valence-electron chi connectivity index (χ0n) is 11.7. The first-order chi connectivity index (χ1) is 9.04. The summed E-state index contributed by atoms with van der Waals surface area (Å²) in [4.78, 5) is 11.9. The molecule has 0 N–H and O–H groups in total. The predicted octanol–water partition coefficient (Wildman–Crippen LogP) is 2.96. The van der Waals surface area contributed by atoms with Gasteiger partial charge in [0.05, 0.1) is 12.2 Å². The third-order valence-electron chi connectivity index (χ3n) is 2.93. The summed E-state index contributed by atoms with van der Waals surface area (Å²) >= 11 is 0. The van der Waals surface area contributed by atoms with Crippen molar-refractivity contribution >= 4 is 5.97 Å². The van der Waals surface area contributed by atoms with Crippen LogP contribution in [0.15, 0.2) is 16.7 Å². The number of aromatic nitrogens is 2. The largest absolute Gasteiger partial charge is 0.462 e. The van der Waals surface area contributed by atoms with Crippen molar-refractivity contribution in [2.75, 3.05) is 6.61 Å². The molecule has 102 valence electrons. The summed E-state index contributed by atoms with van der Waals surface area (Å²) in [5.74, 6) is 1.13. The maximum Gasteiger partial charge on any atom is 0.339 e. The van der Waals surface area contributed by atoms with Crippen molar-refractivity contribution in [2.45, 2.75) is 34.1 Å². The molecule has 0 atom stereocenters. The lowest BCUT2D eigenvalue weighted by atomic mass is 10.2. The van der Waals surface area contributed by atoms with E-state index in [-0.39, 0.29) is 5.97 Å². The number of aryl methyl sites for hydroxylation is 2. The number of hydrogen-bond acceptors (Lipinski definition) is 4. The van der Waals surface area contributed by atoms with Gasteiger partial charge in [-0.25, -0.2) is 4.79 Å². The monoisotopic (exact) mass is 262 g/mol. The summed E-state index contributed by atoms with van der Waals surface area (Å²) in [5, 5.41) is 3.98. The molecule has 0 aliphatic carbocycles. The Kier molecular flexibility index (Phi) is 3.74. The average Bonchev–Trinajstić information content (AvgIpc) is 2.90. The molecule has 0 saturated carbocycles. The Balaban J connectivity index is 2.37. The third kappa shape index (κ3) is 2.54. The van der Waals surface area contributed by atoms with Crippen molar-refractivity contribution in [3.8, 4) is 5.82 Å². The molecule has 2 rings (SSSR count). The lowest BCUT2D eigenvalue weighted by Gasteiger charge is -2.05. The Hall–Kier alpha value is -2.04. The topological polar surface area (TPSA) is 57.3 Å². The van der Waals surface area contributed by atoms with Gasteiger partial charge in [0.1, 0.15) is 5.76 Å². The maximum absolute atomic E-state index is 11.9. The molecule has 0 aromatic carbocycles. The van der Waals surface area contributed by atoms with Crippen molar-refractivity contribution in [1.29, 1.82) is 0 Å². The van der Waals surface area contributed by atoms with E-state index >= 15 is 0 Å². The number of rotatable bonds is 4. The highest BCUT2D eigenvalue weighted by atomic mass is 16.5. The molecule has 0 spiro atoms. The van der Waals surface area contributed by atoms with Crippen molar-refractivity contribution < 1.29 is 14.1 Å².